The van der Waals surface area contributed by atoms with Gasteiger partial charge in [0.2, 0.25) is 0 Å². The van der Waals surface area contributed by atoms with Crippen LogP contribution in [-0.2, 0) is 6.42 Å². The summed E-state index contributed by atoms with van der Waals surface area (Å²) < 4.78 is 14.5. The Morgan fingerprint density at radius 2 is 1.95 bits per heavy atom. The molecule has 1 nitrogen and oxygen atoms in total. The molecule has 0 aliphatic carbocycles. The fourth-order valence-electron chi connectivity index (χ4n) is 2.02. The summed E-state index contributed by atoms with van der Waals surface area (Å²) >= 11 is 3.47. The molecule has 0 saturated heterocycles. The molecule has 1 unspecified atom stereocenters. The molecule has 0 radical (unpaired) electrons. The Hall–Kier alpha value is -1.19. The molecule has 100 valence electrons. The van der Waals surface area contributed by atoms with E-state index in [2.05, 4.69) is 40.3 Å². The number of halogens is 2. The van der Waals surface area contributed by atoms with E-state index >= 15 is 0 Å². The number of rotatable bonds is 5. The van der Waals surface area contributed by atoms with Crippen LogP contribution in [0.1, 0.15) is 24.1 Å². The van der Waals surface area contributed by atoms with E-state index in [-0.39, 0.29) is 11.9 Å². The van der Waals surface area contributed by atoms with Crippen LogP contribution >= 0.6 is 15.9 Å². The van der Waals surface area contributed by atoms with Crippen molar-refractivity contribution >= 4 is 15.9 Å². The van der Waals surface area contributed by atoms with E-state index in [0.29, 0.717) is 6.42 Å². The molecule has 2 aromatic rings. The quantitative estimate of drug-likeness (QED) is 0.856. The average molecular weight is 322 g/mol. The van der Waals surface area contributed by atoms with Gasteiger partial charge >= 0.3 is 0 Å². The average Bonchev–Trinajstić information content (AvgIpc) is 2.41. The van der Waals surface area contributed by atoms with E-state index in [9.17, 15) is 4.39 Å². The van der Waals surface area contributed by atoms with Crippen LogP contribution in [-0.4, -0.2) is 6.54 Å². The van der Waals surface area contributed by atoms with Gasteiger partial charge in [0.1, 0.15) is 5.82 Å². The Balaban J connectivity index is 1.88. The molecule has 19 heavy (non-hydrogen) atoms. The zero-order valence-electron chi connectivity index (χ0n) is 10.9. The lowest BCUT2D eigenvalue weighted by molar-refractivity contribution is 0.559. The molecule has 0 bridgehead atoms. The lowest BCUT2D eigenvalue weighted by Gasteiger charge is -2.14. The Kier molecular flexibility index (Phi) is 5.11. The summed E-state index contributed by atoms with van der Waals surface area (Å²) in [7, 11) is 0. The molecule has 0 amide bonds. The van der Waals surface area contributed by atoms with Gasteiger partial charge in [-0.15, -0.1) is 0 Å². The summed E-state index contributed by atoms with van der Waals surface area (Å²) in [5, 5.41) is 3.41. The van der Waals surface area contributed by atoms with Crippen LogP contribution in [0.4, 0.5) is 4.39 Å². The molecule has 0 aromatic heterocycles. The molecule has 0 aliphatic heterocycles. The molecule has 0 saturated carbocycles. The summed E-state index contributed by atoms with van der Waals surface area (Å²) in [6, 6.07) is 15.4. The Morgan fingerprint density at radius 1 is 1.16 bits per heavy atom. The highest BCUT2D eigenvalue weighted by Gasteiger charge is 2.06. The second kappa shape index (κ2) is 6.83. The molecule has 0 spiro atoms. The summed E-state index contributed by atoms with van der Waals surface area (Å²) in [6.07, 6.45) is 0.699. The fraction of sp³-hybridized carbons (Fsp3) is 0.250. The van der Waals surface area contributed by atoms with Crippen molar-refractivity contribution in [3.8, 4) is 0 Å². The van der Waals surface area contributed by atoms with E-state index in [4.69, 9.17) is 0 Å². The van der Waals surface area contributed by atoms with E-state index in [1.165, 1.54) is 11.6 Å². The van der Waals surface area contributed by atoms with E-state index in [0.717, 1.165) is 16.6 Å². The van der Waals surface area contributed by atoms with Gasteiger partial charge in [-0.2, -0.15) is 0 Å². The van der Waals surface area contributed by atoms with Crippen molar-refractivity contribution in [2.45, 2.75) is 19.4 Å². The van der Waals surface area contributed by atoms with Crippen LogP contribution in [0.15, 0.2) is 53.0 Å². The smallest absolute Gasteiger partial charge is 0.126 e. The first-order valence-corrected chi connectivity index (χ1v) is 7.18. The minimum atomic E-state index is -0.126. The molecule has 0 aliphatic rings. The van der Waals surface area contributed by atoms with Gasteiger partial charge in [0, 0.05) is 10.5 Å². The lowest BCUT2D eigenvalue weighted by atomic mass is 10.1. The second-order valence-electron chi connectivity index (χ2n) is 4.57. The van der Waals surface area contributed by atoms with Crippen molar-refractivity contribution in [3.63, 3.8) is 0 Å². The number of hydrogen-bond acceptors (Lipinski definition) is 1. The third-order valence-corrected chi connectivity index (χ3v) is 3.64. The van der Waals surface area contributed by atoms with E-state index in [1.807, 2.05) is 24.3 Å². The lowest BCUT2D eigenvalue weighted by Crippen LogP contribution is -2.21. The Labute approximate surface area is 122 Å². The van der Waals surface area contributed by atoms with Crippen molar-refractivity contribution in [3.05, 3.63) is 69.9 Å². The fourth-order valence-corrected chi connectivity index (χ4v) is 2.44. The second-order valence-corrected chi connectivity index (χ2v) is 5.49. The molecule has 0 fully saturated rings. The third-order valence-electron chi connectivity index (χ3n) is 3.15. The maximum atomic E-state index is 13.5. The molecule has 1 atom stereocenters. The summed E-state index contributed by atoms with van der Waals surface area (Å²) in [5.41, 5.74) is 1.99. The molecule has 2 rings (SSSR count). The van der Waals surface area contributed by atoms with Crippen LogP contribution in [0.3, 0.4) is 0 Å². The van der Waals surface area contributed by atoms with Crippen LogP contribution < -0.4 is 5.32 Å². The van der Waals surface area contributed by atoms with Gasteiger partial charge in [-0.05, 0) is 49.2 Å². The first-order valence-electron chi connectivity index (χ1n) is 6.39. The third kappa shape index (κ3) is 4.15. The van der Waals surface area contributed by atoms with Crippen molar-refractivity contribution < 1.29 is 4.39 Å². The summed E-state index contributed by atoms with van der Waals surface area (Å²) in [4.78, 5) is 0. The maximum Gasteiger partial charge on any atom is 0.126 e. The molecular formula is C16H17BrFN. The van der Waals surface area contributed by atoms with Crippen molar-refractivity contribution in [1.82, 2.24) is 5.32 Å². The standard InChI is InChI=1S/C16H17BrFN/c1-12(14-6-4-7-15(17)11-14)19-10-9-13-5-2-3-8-16(13)18/h2-8,11-12,19H,9-10H2,1H3. The van der Waals surface area contributed by atoms with Gasteiger partial charge in [0.15, 0.2) is 0 Å². The number of hydrogen-bond donors (Lipinski definition) is 1. The largest absolute Gasteiger partial charge is 0.310 e. The van der Waals surface area contributed by atoms with Gasteiger partial charge < -0.3 is 5.32 Å². The molecule has 0 heterocycles. The monoisotopic (exact) mass is 321 g/mol. The highest BCUT2D eigenvalue weighted by molar-refractivity contribution is 9.10. The van der Waals surface area contributed by atoms with Gasteiger partial charge in [-0.1, -0.05) is 46.3 Å². The predicted octanol–water partition coefficient (Wildman–Crippen LogP) is 4.48. The van der Waals surface area contributed by atoms with Crippen LogP contribution in [0.25, 0.3) is 0 Å². The van der Waals surface area contributed by atoms with Gasteiger partial charge in [-0.25, -0.2) is 4.39 Å². The van der Waals surface area contributed by atoms with E-state index < -0.39 is 0 Å². The van der Waals surface area contributed by atoms with Crippen LogP contribution in [0.5, 0.6) is 0 Å². The van der Waals surface area contributed by atoms with E-state index in [1.54, 1.807) is 6.07 Å². The zero-order chi connectivity index (χ0) is 13.7. The van der Waals surface area contributed by atoms with Gasteiger partial charge in [0.25, 0.3) is 0 Å². The normalized spacial score (nSPS) is 12.4. The predicted molar refractivity (Wildman–Crippen MR) is 80.7 cm³/mol. The first-order chi connectivity index (χ1) is 9.16. The summed E-state index contributed by atoms with van der Waals surface area (Å²) in [5.74, 6) is -0.126. The van der Waals surface area contributed by atoms with Crippen LogP contribution in [0.2, 0.25) is 0 Å². The topological polar surface area (TPSA) is 12.0 Å². The number of benzene rings is 2. The van der Waals surface area contributed by atoms with Gasteiger partial charge in [0.05, 0.1) is 0 Å². The highest BCUT2D eigenvalue weighted by atomic mass is 79.9. The zero-order valence-corrected chi connectivity index (χ0v) is 12.5. The van der Waals surface area contributed by atoms with Crippen LogP contribution in [0, 0.1) is 5.82 Å². The Bertz CT molecular complexity index is 542. The minimum absolute atomic E-state index is 0.126. The molecule has 1 N–H and O–H groups in total. The highest BCUT2D eigenvalue weighted by Crippen LogP contribution is 2.17. The van der Waals surface area contributed by atoms with Gasteiger partial charge in [-0.3, -0.25) is 0 Å². The Morgan fingerprint density at radius 3 is 2.68 bits per heavy atom. The van der Waals surface area contributed by atoms with Crippen molar-refractivity contribution in [1.29, 1.82) is 0 Å². The summed E-state index contributed by atoms with van der Waals surface area (Å²) in [6.45, 7) is 2.87. The number of nitrogens with one attached hydrogen (secondary N) is 1. The SMILES string of the molecule is CC(NCCc1ccccc1F)c1cccc(Br)c1. The molecule has 3 heteroatoms. The maximum absolute atomic E-state index is 13.5. The molecule has 2 aromatic carbocycles. The molecular weight excluding hydrogens is 305 g/mol. The minimum Gasteiger partial charge on any atom is -0.310 e. The first kappa shape index (κ1) is 14.2. The van der Waals surface area contributed by atoms with Crippen molar-refractivity contribution in [2.24, 2.45) is 0 Å². The van der Waals surface area contributed by atoms with Crippen molar-refractivity contribution in [2.75, 3.05) is 6.54 Å².